The number of hydrogen-bond acceptors (Lipinski definition) is 5. The molecule has 0 bridgehead atoms. The molecular weight excluding hydrogens is 337 g/mol. The van der Waals surface area contributed by atoms with E-state index in [9.17, 15) is 0 Å². The molecule has 0 unspecified atom stereocenters. The van der Waals surface area contributed by atoms with Crippen molar-refractivity contribution in [2.75, 3.05) is 5.32 Å². The van der Waals surface area contributed by atoms with Crippen LogP contribution < -0.4 is 5.32 Å². The van der Waals surface area contributed by atoms with Crippen molar-refractivity contribution in [3.05, 3.63) is 58.8 Å². The molecule has 0 spiro atoms. The van der Waals surface area contributed by atoms with E-state index in [2.05, 4.69) is 27.3 Å². The van der Waals surface area contributed by atoms with Crippen LogP contribution >= 0.6 is 23.2 Å². The molecule has 0 atom stereocenters. The van der Waals surface area contributed by atoms with E-state index < -0.39 is 0 Å². The third-order valence-electron chi connectivity index (χ3n) is 3.02. The topological polar surface area (TPSA) is 68.8 Å². The van der Waals surface area contributed by atoms with Crippen LogP contribution in [0.15, 0.2) is 47.4 Å². The van der Waals surface area contributed by atoms with Gasteiger partial charge in [-0.1, -0.05) is 34.4 Å². The predicted molar refractivity (Wildman–Crippen MR) is 89.5 cm³/mol. The molecule has 1 aromatic carbocycles. The van der Waals surface area contributed by atoms with Gasteiger partial charge < -0.3 is 9.73 Å². The summed E-state index contributed by atoms with van der Waals surface area (Å²) in [4.78, 5) is 1.44. The summed E-state index contributed by atoms with van der Waals surface area (Å²) in [5.74, 6) is 1.83. The highest BCUT2D eigenvalue weighted by Crippen LogP contribution is 2.31. The van der Waals surface area contributed by atoms with E-state index in [0.29, 0.717) is 34.8 Å². The summed E-state index contributed by atoms with van der Waals surface area (Å²) in [5.41, 5.74) is 0.789. The van der Waals surface area contributed by atoms with Crippen molar-refractivity contribution in [2.45, 2.75) is 13.1 Å². The minimum absolute atomic E-state index is 0.425. The lowest BCUT2D eigenvalue weighted by atomic mass is 10.2. The lowest BCUT2D eigenvalue weighted by molar-refractivity contribution is 0.530. The fourth-order valence-corrected chi connectivity index (χ4v) is 2.48. The first kappa shape index (κ1) is 15.6. The van der Waals surface area contributed by atoms with Crippen LogP contribution in [0.2, 0.25) is 10.0 Å². The Hall–Kier alpha value is -2.31. The molecule has 0 saturated carbocycles. The van der Waals surface area contributed by atoms with E-state index in [0.717, 1.165) is 11.3 Å². The molecular formula is C15H13Cl2N5O. The molecule has 0 radical (unpaired) electrons. The van der Waals surface area contributed by atoms with Gasteiger partial charge in [0.25, 0.3) is 5.95 Å². The van der Waals surface area contributed by atoms with Crippen LogP contribution in [-0.4, -0.2) is 20.2 Å². The number of benzene rings is 1. The van der Waals surface area contributed by atoms with Gasteiger partial charge in [0, 0.05) is 10.6 Å². The maximum absolute atomic E-state index is 6.18. The molecule has 0 saturated heterocycles. The Labute approximate surface area is 142 Å². The van der Waals surface area contributed by atoms with Gasteiger partial charge >= 0.3 is 0 Å². The van der Waals surface area contributed by atoms with Crippen molar-refractivity contribution in [1.82, 2.24) is 20.2 Å². The van der Waals surface area contributed by atoms with Gasteiger partial charge in [-0.3, -0.25) is 0 Å². The van der Waals surface area contributed by atoms with Crippen molar-refractivity contribution in [3.8, 4) is 11.3 Å². The monoisotopic (exact) mass is 349 g/mol. The summed E-state index contributed by atoms with van der Waals surface area (Å²) in [5, 5.41) is 16.1. The van der Waals surface area contributed by atoms with Crippen molar-refractivity contribution < 1.29 is 4.42 Å². The van der Waals surface area contributed by atoms with Gasteiger partial charge in [0.2, 0.25) is 0 Å². The van der Waals surface area contributed by atoms with E-state index in [-0.39, 0.29) is 0 Å². The van der Waals surface area contributed by atoms with E-state index >= 15 is 0 Å². The standard InChI is InChI=1S/C15H13Cl2N5O/c1-2-7-22-20-15(19-21-22)18-9-11-4-6-14(23-11)12-5-3-10(16)8-13(12)17/h2-6,8H,1,7,9H2,(H,18,20). The number of hydrogen-bond donors (Lipinski definition) is 1. The molecule has 118 valence electrons. The van der Waals surface area contributed by atoms with Gasteiger partial charge in [-0.15, -0.1) is 11.7 Å². The maximum Gasteiger partial charge on any atom is 0.263 e. The number of nitrogens with zero attached hydrogens (tertiary/aromatic N) is 4. The van der Waals surface area contributed by atoms with Crippen LogP contribution in [-0.2, 0) is 13.1 Å². The Kier molecular flexibility index (Phi) is 4.64. The first-order valence-corrected chi connectivity index (χ1v) is 7.58. The second kappa shape index (κ2) is 6.85. The summed E-state index contributed by atoms with van der Waals surface area (Å²) in [6, 6.07) is 8.99. The summed E-state index contributed by atoms with van der Waals surface area (Å²) < 4.78 is 5.78. The molecule has 3 rings (SSSR count). The summed E-state index contributed by atoms with van der Waals surface area (Å²) >= 11 is 12.1. The molecule has 1 N–H and O–H groups in total. The number of furan rings is 1. The molecule has 23 heavy (non-hydrogen) atoms. The van der Waals surface area contributed by atoms with Gasteiger partial charge in [0.15, 0.2) is 0 Å². The predicted octanol–water partition coefficient (Wildman–Crippen LogP) is 4.04. The molecule has 8 heteroatoms. The average Bonchev–Trinajstić information content (AvgIpc) is 3.15. The van der Waals surface area contributed by atoms with Gasteiger partial charge in [-0.2, -0.15) is 4.80 Å². The third-order valence-corrected chi connectivity index (χ3v) is 3.57. The normalized spacial score (nSPS) is 10.7. The molecule has 0 aliphatic rings. The van der Waals surface area contributed by atoms with Gasteiger partial charge in [0.1, 0.15) is 11.5 Å². The highest BCUT2D eigenvalue weighted by atomic mass is 35.5. The van der Waals surface area contributed by atoms with Crippen LogP contribution in [0.25, 0.3) is 11.3 Å². The average molecular weight is 350 g/mol. The maximum atomic E-state index is 6.18. The van der Waals surface area contributed by atoms with Crippen molar-refractivity contribution in [2.24, 2.45) is 0 Å². The van der Waals surface area contributed by atoms with Gasteiger partial charge in [0.05, 0.1) is 18.1 Å². The lowest BCUT2D eigenvalue weighted by Crippen LogP contribution is -2.02. The molecule has 0 aliphatic carbocycles. The molecule has 6 nitrogen and oxygen atoms in total. The lowest BCUT2D eigenvalue weighted by Gasteiger charge is -2.02. The van der Waals surface area contributed by atoms with Crippen molar-refractivity contribution in [1.29, 1.82) is 0 Å². The number of rotatable bonds is 6. The van der Waals surface area contributed by atoms with Crippen LogP contribution in [0.3, 0.4) is 0 Å². The fourth-order valence-electron chi connectivity index (χ4n) is 1.98. The number of anilines is 1. The third kappa shape index (κ3) is 3.72. The van der Waals surface area contributed by atoms with E-state index in [4.69, 9.17) is 27.6 Å². The fraction of sp³-hybridized carbons (Fsp3) is 0.133. The Morgan fingerprint density at radius 1 is 1.26 bits per heavy atom. The quantitative estimate of drug-likeness (QED) is 0.680. The zero-order chi connectivity index (χ0) is 16.2. The summed E-state index contributed by atoms with van der Waals surface area (Å²) in [6.07, 6.45) is 1.69. The summed E-state index contributed by atoms with van der Waals surface area (Å²) in [7, 11) is 0. The highest BCUT2D eigenvalue weighted by Gasteiger charge is 2.10. The van der Waals surface area contributed by atoms with Crippen LogP contribution in [0.5, 0.6) is 0 Å². The Morgan fingerprint density at radius 2 is 2.13 bits per heavy atom. The minimum atomic E-state index is 0.425. The highest BCUT2D eigenvalue weighted by molar-refractivity contribution is 6.36. The van der Waals surface area contributed by atoms with Crippen LogP contribution in [0, 0.1) is 0 Å². The van der Waals surface area contributed by atoms with Crippen LogP contribution in [0.4, 0.5) is 5.95 Å². The van der Waals surface area contributed by atoms with E-state index in [1.807, 2.05) is 18.2 Å². The molecule has 2 aromatic heterocycles. The number of tetrazole rings is 1. The van der Waals surface area contributed by atoms with Crippen LogP contribution in [0.1, 0.15) is 5.76 Å². The SMILES string of the molecule is C=CCn1nnc(NCc2ccc(-c3ccc(Cl)cc3Cl)o2)n1. The summed E-state index contributed by atoms with van der Waals surface area (Å²) in [6.45, 7) is 4.56. The first-order chi connectivity index (χ1) is 11.2. The number of nitrogens with one attached hydrogen (secondary N) is 1. The molecule has 2 heterocycles. The smallest absolute Gasteiger partial charge is 0.263 e. The minimum Gasteiger partial charge on any atom is -0.459 e. The second-order valence-electron chi connectivity index (χ2n) is 4.70. The molecule has 0 fully saturated rings. The first-order valence-electron chi connectivity index (χ1n) is 6.82. The molecule has 0 aliphatic heterocycles. The van der Waals surface area contributed by atoms with Gasteiger partial charge in [-0.05, 0) is 35.5 Å². The Balaban J connectivity index is 1.68. The number of aromatic nitrogens is 4. The molecule has 3 aromatic rings. The Morgan fingerprint density at radius 3 is 2.91 bits per heavy atom. The number of halogens is 2. The second-order valence-corrected chi connectivity index (χ2v) is 5.54. The largest absolute Gasteiger partial charge is 0.459 e. The number of allylic oxidation sites excluding steroid dienone is 1. The van der Waals surface area contributed by atoms with E-state index in [1.165, 1.54) is 4.80 Å². The van der Waals surface area contributed by atoms with Crippen molar-refractivity contribution in [3.63, 3.8) is 0 Å². The van der Waals surface area contributed by atoms with Crippen molar-refractivity contribution >= 4 is 29.2 Å². The molecule has 0 amide bonds. The zero-order valence-electron chi connectivity index (χ0n) is 12.0. The van der Waals surface area contributed by atoms with E-state index in [1.54, 1.807) is 18.2 Å². The zero-order valence-corrected chi connectivity index (χ0v) is 13.6. The van der Waals surface area contributed by atoms with Gasteiger partial charge in [-0.25, -0.2) is 0 Å². The Bertz CT molecular complexity index is 827.